The van der Waals surface area contributed by atoms with Gasteiger partial charge < -0.3 is 5.11 Å². The molecule has 0 bridgehead atoms. The number of aryl methyl sites for hydroxylation is 1. The first-order valence-electron chi connectivity index (χ1n) is 6.32. The molecule has 21 heavy (non-hydrogen) atoms. The van der Waals surface area contributed by atoms with Gasteiger partial charge in [-0.1, -0.05) is 17.3 Å². The van der Waals surface area contributed by atoms with Crippen molar-refractivity contribution in [2.75, 3.05) is 0 Å². The minimum Gasteiger partial charge on any atom is -0.478 e. The zero-order valence-electron chi connectivity index (χ0n) is 11.3. The van der Waals surface area contributed by atoms with Crippen LogP contribution in [0.3, 0.4) is 0 Å². The zero-order chi connectivity index (χ0) is 14.8. The smallest absolute Gasteiger partial charge is 0.335 e. The predicted molar refractivity (Wildman–Crippen MR) is 76.3 cm³/mol. The Balaban J connectivity index is 1.95. The highest BCUT2D eigenvalue weighted by molar-refractivity contribution is 5.88. The lowest BCUT2D eigenvalue weighted by Crippen LogP contribution is -1.98. The molecule has 3 aromatic rings. The molecule has 3 rings (SSSR count). The monoisotopic (exact) mass is 280 g/mol. The number of hydrogen-bond acceptors (Lipinski definition) is 4. The number of benzene rings is 1. The molecular weight excluding hydrogens is 268 g/mol. The summed E-state index contributed by atoms with van der Waals surface area (Å²) in [5.41, 5.74) is 3.64. The van der Waals surface area contributed by atoms with E-state index >= 15 is 0 Å². The van der Waals surface area contributed by atoms with E-state index in [9.17, 15) is 4.79 Å². The fourth-order valence-corrected chi connectivity index (χ4v) is 1.99. The third kappa shape index (κ3) is 2.51. The van der Waals surface area contributed by atoms with Crippen molar-refractivity contribution in [2.24, 2.45) is 0 Å². The van der Waals surface area contributed by atoms with Crippen molar-refractivity contribution in [3.05, 3.63) is 60.0 Å². The van der Waals surface area contributed by atoms with E-state index in [1.54, 1.807) is 47.5 Å². The number of aromatic nitrogens is 4. The molecule has 104 valence electrons. The molecule has 0 saturated heterocycles. The van der Waals surface area contributed by atoms with E-state index in [2.05, 4.69) is 15.3 Å². The standard InChI is InChI=1S/C15H12N4O2/c1-10-6-7-16-8-14(10)19-9-13(17-18-19)11-2-4-12(5-3-11)15(20)21/h2-9H,1H3,(H,20,21). The number of nitrogens with zero attached hydrogens (tertiary/aromatic N) is 4. The molecule has 0 amide bonds. The van der Waals surface area contributed by atoms with Crippen molar-refractivity contribution in [1.82, 2.24) is 20.0 Å². The number of hydrogen-bond donors (Lipinski definition) is 1. The quantitative estimate of drug-likeness (QED) is 0.796. The van der Waals surface area contributed by atoms with Gasteiger partial charge >= 0.3 is 5.97 Å². The lowest BCUT2D eigenvalue weighted by Gasteiger charge is -2.02. The first-order valence-corrected chi connectivity index (χ1v) is 6.32. The molecule has 0 unspecified atom stereocenters. The van der Waals surface area contributed by atoms with E-state index in [0.717, 1.165) is 16.8 Å². The fraction of sp³-hybridized carbons (Fsp3) is 0.0667. The Morgan fingerprint density at radius 1 is 1.19 bits per heavy atom. The maximum absolute atomic E-state index is 10.8. The van der Waals surface area contributed by atoms with Gasteiger partial charge in [-0.25, -0.2) is 9.48 Å². The summed E-state index contributed by atoms with van der Waals surface area (Å²) >= 11 is 0. The van der Waals surface area contributed by atoms with Gasteiger partial charge in [0.2, 0.25) is 0 Å². The normalized spacial score (nSPS) is 10.5. The van der Waals surface area contributed by atoms with Crippen molar-refractivity contribution in [3.63, 3.8) is 0 Å². The Kier molecular flexibility index (Phi) is 3.19. The summed E-state index contributed by atoms with van der Waals surface area (Å²) in [4.78, 5) is 14.9. The number of aromatic carboxylic acids is 1. The van der Waals surface area contributed by atoms with Gasteiger partial charge in [0.25, 0.3) is 0 Å². The topological polar surface area (TPSA) is 80.9 Å². The molecular formula is C15H12N4O2. The van der Waals surface area contributed by atoms with Crippen LogP contribution in [0.5, 0.6) is 0 Å². The van der Waals surface area contributed by atoms with Crippen LogP contribution in [-0.2, 0) is 0 Å². The van der Waals surface area contributed by atoms with Crippen molar-refractivity contribution in [3.8, 4) is 16.9 Å². The van der Waals surface area contributed by atoms with Crippen LogP contribution in [-0.4, -0.2) is 31.1 Å². The van der Waals surface area contributed by atoms with Gasteiger partial charge in [-0.15, -0.1) is 5.10 Å². The van der Waals surface area contributed by atoms with Gasteiger partial charge in [-0.3, -0.25) is 4.98 Å². The maximum Gasteiger partial charge on any atom is 0.335 e. The Labute approximate surface area is 120 Å². The molecule has 0 aliphatic carbocycles. The van der Waals surface area contributed by atoms with Crippen LogP contribution in [0.15, 0.2) is 48.9 Å². The second-order valence-electron chi connectivity index (χ2n) is 4.59. The Morgan fingerprint density at radius 2 is 1.95 bits per heavy atom. The van der Waals surface area contributed by atoms with Gasteiger partial charge in [0.05, 0.1) is 23.6 Å². The Bertz CT molecular complexity index is 793. The summed E-state index contributed by atoms with van der Waals surface area (Å²) < 4.78 is 1.66. The Hall–Kier alpha value is -3.02. The molecule has 2 aromatic heterocycles. The summed E-state index contributed by atoms with van der Waals surface area (Å²) in [5, 5.41) is 17.1. The van der Waals surface area contributed by atoms with Crippen molar-refractivity contribution in [1.29, 1.82) is 0 Å². The zero-order valence-corrected chi connectivity index (χ0v) is 11.3. The van der Waals surface area contributed by atoms with Gasteiger partial charge in [-0.2, -0.15) is 0 Å². The van der Waals surface area contributed by atoms with Crippen molar-refractivity contribution >= 4 is 5.97 Å². The molecule has 6 nitrogen and oxygen atoms in total. The fourth-order valence-electron chi connectivity index (χ4n) is 1.99. The first kappa shape index (κ1) is 13.0. The SMILES string of the molecule is Cc1ccncc1-n1cc(-c2ccc(C(=O)O)cc2)nn1. The number of carboxylic acids is 1. The van der Waals surface area contributed by atoms with Crippen LogP contribution in [0, 0.1) is 6.92 Å². The lowest BCUT2D eigenvalue weighted by atomic mass is 10.1. The molecule has 0 saturated carbocycles. The average Bonchev–Trinajstić information content (AvgIpc) is 2.97. The van der Waals surface area contributed by atoms with E-state index in [4.69, 9.17) is 5.11 Å². The summed E-state index contributed by atoms with van der Waals surface area (Å²) in [6, 6.07) is 8.43. The summed E-state index contributed by atoms with van der Waals surface area (Å²) in [6.45, 7) is 1.97. The van der Waals surface area contributed by atoms with E-state index in [1.807, 2.05) is 13.0 Å². The third-order valence-corrected chi connectivity index (χ3v) is 3.18. The average molecular weight is 280 g/mol. The largest absolute Gasteiger partial charge is 0.478 e. The summed E-state index contributed by atoms with van der Waals surface area (Å²) in [6.07, 6.45) is 5.24. The van der Waals surface area contributed by atoms with Crippen LogP contribution in [0.25, 0.3) is 16.9 Å². The highest BCUT2D eigenvalue weighted by Crippen LogP contribution is 2.19. The van der Waals surface area contributed by atoms with Crippen molar-refractivity contribution < 1.29 is 9.90 Å². The van der Waals surface area contributed by atoms with Crippen LogP contribution in [0.2, 0.25) is 0 Å². The third-order valence-electron chi connectivity index (χ3n) is 3.18. The first-order chi connectivity index (χ1) is 10.1. The molecule has 0 aliphatic heterocycles. The van der Waals surface area contributed by atoms with Crippen LogP contribution >= 0.6 is 0 Å². The van der Waals surface area contributed by atoms with E-state index in [-0.39, 0.29) is 5.56 Å². The molecule has 2 heterocycles. The highest BCUT2D eigenvalue weighted by Gasteiger charge is 2.08. The second-order valence-corrected chi connectivity index (χ2v) is 4.59. The summed E-state index contributed by atoms with van der Waals surface area (Å²) in [5.74, 6) is -0.948. The minimum atomic E-state index is -0.948. The van der Waals surface area contributed by atoms with Crippen LogP contribution in [0.4, 0.5) is 0 Å². The predicted octanol–water partition coefficient (Wildman–Crippen LogP) is 2.34. The van der Waals surface area contributed by atoms with Crippen LogP contribution in [0.1, 0.15) is 15.9 Å². The van der Waals surface area contributed by atoms with Gasteiger partial charge in [0.1, 0.15) is 5.69 Å². The molecule has 6 heteroatoms. The number of rotatable bonds is 3. The molecule has 0 fully saturated rings. The van der Waals surface area contributed by atoms with Crippen LogP contribution < -0.4 is 0 Å². The van der Waals surface area contributed by atoms with Gasteiger partial charge in [-0.05, 0) is 30.7 Å². The summed E-state index contributed by atoms with van der Waals surface area (Å²) in [7, 11) is 0. The number of pyridine rings is 1. The maximum atomic E-state index is 10.8. The van der Waals surface area contributed by atoms with E-state index < -0.39 is 5.97 Å². The molecule has 0 aliphatic rings. The van der Waals surface area contributed by atoms with Gasteiger partial charge in [0, 0.05) is 11.8 Å². The molecule has 0 radical (unpaired) electrons. The van der Waals surface area contributed by atoms with E-state index in [0.29, 0.717) is 5.69 Å². The minimum absolute atomic E-state index is 0.245. The Morgan fingerprint density at radius 3 is 2.62 bits per heavy atom. The number of carboxylic acid groups (broad SMARTS) is 1. The molecule has 0 atom stereocenters. The highest BCUT2D eigenvalue weighted by atomic mass is 16.4. The number of carbonyl (C=O) groups is 1. The molecule has 1 N–H and O–H groups in total. The van der Waals surface area contributed by atoms with E-state index in [1.165, 1.54) is 0 Å². The second kappa shape index (κ2) is 5.16. The molecule has 1 aromatic carbocycles. The van der Waals surface area contributed by atoms with Gasteiger partial charge in [0.15, 0.2) is 0 Å². The molecule has 0 spiro atoms. The lowest BCUT2D eigenvalue weighted by molar-refractivity contribution is 0.0697. The van der Waals surface area contributed by atoms with Crippen molar-refractivity contribution in [2.45, 2.75) is 6.92 Å².